The van der Waals surface area contributed by atoms with Crippen LogP contribution in [-0.4, -0.2) is 31.5 Å². The van der Waals surface area contributed by atoms with Gasteiger partial charge >= 0.3 is 0 Å². The molecule has 1 aliphatic heterocycles. The number of halogens is 2. The van der Waals surface area contributed by atoms with Gasteiger partial charge in [-0.3, -0.25) is 5.32 Å². The minimum Gasteiger partial charge on any atom is -0.457 e. The highest BCUT2D eigenvalue weighted by Crippen LogP contribution is 2.32. The fourth-order valence-electron chi connectivity index (χ4n) is 2.60. The molecule has 1 saturated heterocycles. The van der Waals surface area contributed by atoms with E-state index in [4.69, 9.17) is 39.1 Å². The zero-order chi connectivity index (χ0) is 18.4. The summed E-state index contributed by atoms with van der Waals surface area (Å²) in [5.74, 6) is 3.83. The minimum absolute atomic E-state index is 0.214. The van der Waals surface area contributed by atoms with Crippen molar-refractivity contribution in [1.82, 2.24) is 15.8 Å². The number of nitrogens with zero attached hydrogens (tertiary/aromatic N) is 1. The third-order valence-corrected chi connectivity index (χ3v) is 4.43. The van der Waals surface area contributed by atoms with Crippen molar-refractivity contribution in [3.05, 3.63) is 58.1 Å². The van der Waals surface area contributed by atoms with Crippen LogP contribution in [0, 0.1) is 12.3 Å². The van der Waals surface area contributed by atoms with Gasteiger partial charge in [-0.1, -0.05) is 35.2 Å². The number of hydrogen-bond acceptors (Lipinski definition) is 5. The van der Waals surface area contributed by atoms with Gasteiger partial charge in [0, 0.05) is 17.1 Å². The molecule has 0 bridgehead atoms. The van der Waals surface area contributed by atoms with Crippen molar-refractivity contribution < 1.29 is 9.47 Å². The maximum absolute atomic E-state index is 6.49. The molecule has 1 aliphatic rings. The monoisotopic (exact) mass is 391 g/mol. The van der Waals surface area contributed by atoms with Crippen molar-refractivity contribution in [1.29, 1.82) is 0 Å². The Bertz CT molecular complexity index is 771. The van der Waals surface area contributed by atoms with Crippen LogP contribution in [0.1, 0.15) is 11.7 Å². The van der Waals surface area contributed by atoms with Crippen LogP contribution in [0.2, 0.25) is 10.0 Å². The summed E-state index contributed by atoms with van der Waals surface area (Å²) < 4.78 is 11.6. The highest BCUT2D eigenvalue weighted by Gasteiger charge is 2.21. The van der Waals surface area contributed by atoms with E-state index in [9.17, 15) is 0 Å². The van der Waals surface area contributed by atoms with Gasteiger partial charge in [0.05, 0.1) is 24.5 Å². The third-order valence-electron chi connectivity index (χ3n) is 3.85. The Morgan fingerprint density at radius 1 is 1.15 bits per heavy atom. The van der Waals surface area contributed by atoms with Crippen LogP contribution in [0.4, 0.5) is 0 Å². The van der Waals surface area contributed by atoms with Crippen LogP contribution in [-0.2, 0) is 4.74 Å². The van der Waals surface area contributed by atoms with Crippen molar-refractivity contribution in [3.8, 4) is 23.8 Å². The first-order valence-electron chi connectivity index (χ1n) is 8.13. The van der Waals surface area contributed by atoms with E-state index >= 15 is 0 Å². The molecule has 2 aromatic carbocycles. The molecule has 2 aromatic rings. The molecule has 1 unspecified atom stereocenters. The van der Waals surface area contributed by atoms with Gasteiger partial charge in [0.2, 0.25) is 0 Å². The molecule has 1 atom stereocenters. The number of benzene rings is 2. The maximum Gasteiger partial charge on any atom is 0.128 e. The van der Waals surface area contributed by atoms with Crippen LogP contribution >= 0.6 is 23.2 Å². The molecular weight excluding hydrogens is 373 g/mol. The lowest BCUT2D eigenvalue weighted by Gasteiger charge is -2.24. The maximum atomic E-state index is 6.49. The second kappa shape index (κ2) is 9.24. The van der Waals surface area contributed by atoms with Gasteiger partial charge in [-0.15, -0.1) is 6.42 Å². The highest BCUT2D eigenvalue weighted by molar-refractivity contribution is 6.31. The number of hydrogen-bond donors (Lipinski definition) is 2. The van der Waals surface area contributed by atoms with Gasteiger partial charge in [0.1, 0.15) is 18.1 Å². The van der Waals surface area contributed by atoms with E-state index in [-0.39, 0.29) is 12.7 Å². The standard InChI is InChI=1S/C19H19Cl2N3O2/c1-2-9-25-19(11-24-13-22-12-23-24)17-8-7-16(10-18(17)21)26-15-5-3-14(20)4-6-15/h1,3-8,10,19,22-23H,9,11-13H2. The first-order chi connectivity index (χ1) is 12.7. The Kier molecular flexibility index (Phi) is 6.75. The fraction of sp³-hybridized carbons (Fsp3) is 0.263. The number of hydrazine groups is 1. The van der Waals surface area contributed by atoms with Gasteiger partial charge in [0.15, 0.2) is 0 Å². The minimum atomic E-state index is -0.254. The Morgan fingerprint density at radius 2 is 1.92 bits per heavy atom. The average Bonchev–Trinajstić information content (AvgIpc) is 3.14. The lowest BCUT2D eigenvalue weighted by atomic mass is 10.1. The van der Waals surface area contributed by atoms with Crippen LogP contribution < -0.4 is 15.5 Å². The SMILES string of the molecule is C#CCOC(CN1CNCN1)c1ccc(Oc2ccc(Cl)cc2)cc1Cl. The second-order valence-corrected chi connectivity index (χ2v) is 6.55. The normalized spacial score (nSPS) is 15.6. The molecule has 0 amide bonds. The molecule has 0 spiro atoms. The molecule has 136 valence electrons. The quantitative estimate of drug-likeness (QED) is 0.702. The van der Waals surface area contributed by atoms with Crippen molar-refractivity contribution in [3.63, 3.8) is 0 Å². The largest absolute Gasteiger partial charge is 0.457 e. The molecule has 5 nitrogen and oxygen atoms in total. The molecule has 0 saturated carbocycles. The summed E-state index contributed by atoms with van der Waals surface area (Å²) in [5.41, 5.74) is 4.07. The van der Waals surface area contributed by atoms with E-state index in [1.807, 2.05) is 17.1 Å². The summed E-state index contributed by atoms with van der Waals surface area (Å²) in [6.45, 7) is 2.28. The number of rotatable bonds is 7. The van der Waals surface area contributed by atoms with Crippen LogP contribution in [0.15, 0.2) is 42.5 Å². The number of terminal acetylenes is 1. The van der Waals surface area contributed by atoms with Crippen molar-refractivity contribution in [2.45, 2.75) is 6.10 Å². The van der Waals surface area contributed by atoms with Gasteiger partial charge in [-0.2, -0.15) is 0 Å². The average molecular weight is 392 g/mol. The Labute approximate surface area is 163 Å². The summed E-state index contributed by atoms with van der Waals surface area (Å²) in [7, 11) is 0. The number of nitrogens with one attached hydrogen (secondary N) is 2. The van der Waals surface area contributed by atoms with E-state index < -0.39 is 0 Å². The summed E-state index contributed by atoms with van der Waals surface area (Å²) >= 11 is 12.4. The van der Waals surface area contributed by atoms with Gasteiger partial charge in [-0.25, -0.2) is 10.4 Å². The highest BCUT2D eigenvalue weighted by atomic mass is 35.5. The lowest BCUT2D eigenvalue weighted by Crippen LogP contribution is -2.35. The van der Waals surface area contributed by atoms with E-state index in [0.717, 1.165) is 18.9 Å². The van der Waals surface area contributed by atoms with Crippen LogP contribution in [0.3, 0.4) is 0 Å². The van der Waals surface area contributed by atoms with E-state index in [2.05, 4.69) is 16.7 Å². The molecule has 0 radical (unpaired) electrons. The molecule has 2 N–H and O–H groups in total. The Balaban J connectivity index is 1.74. The van der Waals surface area contributed by atoms with E-state index in [1.54, 1.807) is 30.3 Å². The fourth-order valence-corrected chi connectivity index (χ4v) is 3.02. The van der Waals surface area contributed by atoms with Crippen molar-refractivity contribution in [2.75, 3.05) is 26.5 Å². The predicted octanol–water partition coefficient (Wildman–Crippen LogP) is 3.80. The van der Waals surface area contributed by atoms with E-state index in [0.29, 0.717) is 28.1 Å². The summed E-state index contributed by atoms with van der Waals surface area (Å²) in [6.07, 6.45) is 5.09. The van der Waals surface area contributed by atoms with Crippen LogP contribution in [0.25, 0.3) is 0 Å². The molecule has 0 aromatic heterocycles. The van der Waals surface area contributed by atoms with E-state index in [1.165, 1.54) is 0 Å². The summed E-state index contributed by atoms with van der Waals surface area (Å²) in [5, 5.41) is 6.44. The molecule has 1 fully saturated rings. The predicted molar refractivity (Wildman–Crippen MR) is 103 cm³/mol. The Hall–Kier alpha value is -1.78. The van der Waals surface area contributed by atoms with Gasteiger partial charge < -0.3 is 9.47 Å². The molecule has 7 heteroatoms. The van der Waals surface area contributed by atoms with Crippen molar-refractivity contribution in [2.24, 2.45) is 0 Å². The first kappa shape index (κ1) is 19.0. The lowest BCUT2D eigenvalue weighted by molar-refractivity contribution is 0.0385. The molecular formula is C19H19Cl2N3O2. The second-order valence-electron chi connectivity index (χ2n) is 5.71. The topological polar surface area (TPSA) is 45.8 Å². The summed E-state index contributed by atoms with van der Waals surface area (Å²) in [6, 6.07) is 12.7. The van der Waals surface area contributed by atoms with Crippen molar-refractivity contribution >= 4 is 23.2 Å². The smallest absolute Gasteiger partial charge is 0.128 e. The third kappa shape index (κ3) is 5.12. The zero-order valence-electron chi connectivity index (χ0n) is 14.0. The van der Waals surface area contributed by atoms with Gasteiger partial charge in [-0.05, 0) is 36.4 Å². The summed E-state index contributed by atoms with van der Waals surface area (Å²) in [4.78, 5) is 0. The molecule has 1 heterocycles. The molecule has 3 rings (SSSR count). The zero-order valence-corrected chi connectivity index (χ0v) is 15.6. The Morgan fingerprint density at radius 3 is 2.58 bits per heavy atom. The van der Waals surface area contributed by atoms with Gasteiger partial charge in [0.25, 0.3) is 0 Å². The molecule has 0 aliphatic carbocycles. The first-order valence-corrected chi connectivity index (χ1v) is 8.88. The molecule has 26 heavy (non-hydrogen) atoms. The van der Waals surface area contributed by atoms with Crippen LogP contribution in [0.5, 0.6) is 11.5 Å². The number of ether oxygens (including phenoxy) is 2.